The summed E-state index contributed by atoms with van der Waals surface area (Å²) in [5.41, 5.74) is 8.27. The minimum Gasteiger partial charge on any atom is -0.369 e. The second-order valence-corrected chi connectivity index (χ2v) is 5.31. The second-order valence-electron chi connectivity index (χ2n) is 4.87. The number of imidazole rings is 1. The van der Waals surface area contributed by atoms with Gasteiger partial charge in [-0.05, 0) is 43.9 Å². The van der Waals surface area contributed by atoms with Crippen LogP contribution in [0.25, 0.3) is 11.0 Å². The molecule has 0 bridgehead atoms. The molecule has 17 heavy (non-hydrogen) atoms. The van der Waals surface area contributed by atoms with Gasteiger partial charge in [0.05, 0.1) is 11.0 Å². The first kappa shape index (κ1) is 10.9. The van der Waals surface area contributed by atoms with Crippen LogP contribution in [0.15, 0.2) is 18.2 Å². The molecule has 2 N–H and O–H groups in total. The van der Waals surface area contributed by atoms with Crippen LogP contribution < -0.4 is 5.73 Å². The van der Waals surface area contributed by atoms with Crippen molar-refractivity contribution in [3.8, 4) is 0 Å². The molecule has 3 rings (SSSR count). The van der Waals surface area contributed by atoms with Gasteiger partial charge in [-0.3, -0.25) is 0 Å². The van der Waals surface area contributed by atoms with Crippen LogP contribution >= 0.6 is 11.6 Å². The van der Waals surface area contributed by atoms with Crippen LogP contribution in [-0.2, 0) is 5.54 Å². The molecular formula is C13H16ClN3. The second kappa shape index (κ2) is 3.64. The first-order valence-electron chi connectivity index (χ1n) is 6.10. The maximum absolute atomic E-state index is 6.08. The molecule has 0 spiro atoms. The molecule has 0 unspecified atom stereocenters. The average Bonchev–Trinajstić information content (AvgIpc) is 2.55. The molecular weight excluding hydrogens is 234 g/mol. The molecule has 0 amide bonds. The normalized spacial score (nSPS) is 18.2. The maximum Gasteiger partial charge on any atom is 0.201 e. The number of fused-ring (bicyclic) bond motifs is 1. The van der Waals surface area contributed by atoms with Gasteiger partial charge in [-0.15, -0.1) is 0 Å². The van der Waals surface area contributed by atoms with Crippen LogP contribution in [0.3, 0.4) is 0 Å². The predicted molar refractivity (Wildman–Crippen MR) is 71.3 cm³/mol. The van der Waals surface area contributed by atoms with E-state index >= 15 is 0 Å². The Balaban J connectivity index is 2.25. The van der Waals surface area contributed by atoms with Crippen molar-refractivity contribution in [2.75, 3.05) is 5.73 Å². The van der Waals surface area contributed by atoms with E-state index < -0.39 is 0 Å². The van der Waals surface area contributed by atoms with E-state index in [0.29, 0.717) is 11.0 Å². The Labute approximate surface area is 106 Å². The first-order valence-corrected chi connectivity index (χ1v) is 6.48. The lowest BCUT2D eigenvalue weighted by atomic mass is 9.74. The fourth-order valence-corrected chi connectivity index (χ4v) is 3.06. The summed E-state index contributed by atoms with van der Waals surface area (Å²) in [4.78, 5) is 4.43. The first-order chi connectivity index (χ1) is 8.16. The van der Waals surface area contributed by atoms with E-state index in [1.165, 1.54) is 19.3 Å². The summed E-state index contributed by atoms with van der Waals surface area (Å²) in [6, 6.07) is 5.81. The molecule has 90 valence electrons. The van der Waals surface area contributed by atoms with Crippen LogP contribution in [0.1, 0.15) is 32.6 Å². The zero-order valence-electron chi connectivity index (χ0n) is 9.91. The van der Waals surface area contributed by atoms with Gasteiger partial charge in [0.15, 0.2) is 0 Å². The van der Waals surface area contributed by atoms with E-state index in [1.807, 2.05) is 18.2 Å². The van der Waals surface area contributed by atoms with Gasteiger partial charge in [-0.25, -0.2) is 4.98 Å². The minimum atomic E-state index is 0.187. The fraction of sp³-hybridized carbons (Fsp3) is 0.462. The average molecular weight is 250 g/mol. The van der Waals surface area contributed by atoms with Crippen LogP contribution in [0.4, 0.5) is 5.95 Å². The van der Waals surface area contributed by atoms with Gasteiger partial charge in [0.25, 0.3) is 0 Å². The largest absolute Gasteiger partial charge is 0.369 e. The molecule has 0 radical (unpaired) electrons. The van der Waals surface area contributed by atoms with E-state index in [2.05, 4.69) is 16.5 Å². The Morgan fingerprint density at radius 2 is 2.24 bits per heavy atom. The molecule has 1 aromatic heterocycles. The highest BCUT2D eigenvalue weighted by atomic mass is 35.5. The van der Waals surface area contributed by atoms with E-state index in [9.17, 15) is 0 Å². The van der Waals surface area contributed by atoms with Crippen molar-refractivity contribution in [1.29, 1.82) is 0 Å². The van der Waals surface area contributed by atoms with E-state index in [1.54, 1.807) is 0 Å². The third kappa shape index (κ3) is 1.45. The summed E-state index contributed by atoms with van der Waals surface area (Å²) in [7, 11) is 0. The lowest BCUT2D eigenvalue weighted by Crippen LogP contribution is -2.40. The van der Waals surface area contributed by atoms with Gasteiger partial charge < -0.3 is 10.3 Å². The number of hydrogen-bond acceptors (Lipinski definition) is 2. The van der Waals surface area contributed by atoms with Gasteiger partial charge in [0, 0.05) is 10.6 Å². The molecule has 1 aromatic carbocycles. The molecule has 0 atom stereocenters. The van der Waals surface area contributed by atoms with Crippen LogP contribution in [0.2, 0.25) is 5.02 Å². The van der Waals surface area contributed by atoms with Gasteiger partial charge in [-0.1, -0.05) is 18.5 Å². The molecule has 1 aliphatic carbocycles. The van der Waals surface area contributed by atoms with Crippen molar-refractivity contribution in [2.24, 2.45) is 0 Å². The summed E-state index contributed by atoms with van der Waals surface area (Å²) >= 11 is 5.99. The summed E-state index contributed by atoms with van der Waals surface area (Å²) < 4.78 is 2.21. The minimum absolute atomic E-state index is 0.187. The maximum atomic E-state index is 6.08. The van der Waals surface area contributed by atoms with Crippen molar-refractivity contribution in [1.82, 2.24) is 9.55 Å². The van der Waals surface area contributed by atoms with Crippen molar-refractivity contribution < 1.29 is 0 Å². The summed E-state index contributed by atoms with van der Waals surface area (Å²) in [5, 5.41) is 0.710. The topological polar surface area (TPSA) is 43.8 Å². The van der Waals surface area contributed by atoms with Gasteiger partial charge in [-0.2, -0.15) is 0 Å². The van der Waals surface area contributed by atoms with Crippen LogP contribution in [0, 0.1) is 0 Å². The van der Waals surface area contributed by atoms with Crippen molar-refractivity contribution in [2.45, 2.75) is 38.1 Å². The molecule has 1 fully saturated rings. The molecule has 2 aromatic rings. The Hall–Kier alpha value is -1.22. The molecule has 1 aliphatic rings. The number of halogens is 1. The van der Waals surface area contributed by atoms with Crippen molar-refractivity contribution >= 4 is 28.6 Å². The number of nitrogens with two attached hydrogens (primary N) is 1. The summed E-state index contributed by atoms with van der Waals surface area (Å²) in [6.07, 6.45) is 4.77. The number of rotatable bonds is 2. The molecule has 1 saturated carbocycles. The Kier molecular flexibility index (Phi) is 2.33. The number of anilines is 1. The Bertz CT molecular complexity index is 564. The van der Waals surface area contributed by atoms with E-state index in [0.717, 1.165) is 17.5 Å². The Morgan fingerprint density at radius 1 is 1.47 bits per heavy atom. The predicted octanol–water partition coefficient (Wildman–Crippen LogP) is 3.56. The molecule has 4 heteroatoms. The SMILES string of the molecule is CCC1(n2c(N)nc3cc(Cl)ccc32)CCC1. The number of nitrogens with zero attached hydrogens (tertiary/aromatic N) is 2. The molecule has 1 heterocycles. The van der Waals surface area contributed by atoms with Crippen molar-refractivity contribution in [3.05, 3.63) is 23.2 Å². The van der Waals surface area contributed by atoms with Gasteiger partial charge in [0.2, 0.25) is 5.95 Å². The van der Waals surface area contributed by atoms with E-state index in [4.69, 9.17) is 17.3 Å². The molecule has 0 saturated heterocycles. The summed E-state index contributed by atoms with van der Waals surface area (Å²) in [5.74, 6) is 0.615. The zero-order valence-corrected chi connectivity index (χ0v) is 10.7. The third-order valence-electron chi connectivity index (χ3n) is 4.06. The number of nitrogen functional groups attached to an aromatic ring is 1. The van der Waals surface area contributed by atoms with Crippen LogP contribution in [-0.4, -0.2) is 9.55 Å². The quantitative estimate of drug-likeness (QED) is 0.884. The number of aromatic nitrogens is 2. The van der Waals surface area contributed by atoms with Crippen molar-refractivity contribution in [3.63, 3.8) is 0 Å². The standard InChI is InChI=1S/C13H16ClN3/c1-2-13(6-3-7-13)17-11-5-4-9(14)8-10(11)16-12(17)15/h4-5,8H,2-3,6-7H2,1H3,(H2,15,16). The highest BCUT2D eigenvalue weighted by Gasteiger charge is 2.39. The third-order valence-corrected chi connectivity index (χ3v) is 4.29. The summed E-state index contributed by atoms with van der Waals surface area (Å²) in [6.45, 7) is 2.22. The lowest BCUT2D eigenvalue weighted by Gasteiger charge is -2.43. The van der Waals surface area contributed by atoms with Gasteiger partial charge >= 0.3 is 0 Å². The Morgan fingerprint density at radius 3 is 2.82 bits per heavy atom. The zero-order chi connectivity index (χ0) is 12.0. The van der Waals surface area contributed by atoms with Crippen LogP contribution in [0.5, 0.6) is 0 Å². The van der Waals surface area contributed by atoms with Gasteiger partial charge in [0.1, 0.15) is 0 Å². The number of benzene rings is 1. The lowest BCUT2D eigenvalue weighted by molar-refractivity contribution is 0.144. The van der Waals surface area contributed by atoms with E-state index in [-0.39, 0.29) is 5.54 Å². The molecule has 0 aliphatic heterocycles. The highest BCUT2D eigenvalue weighted by Crippen LogP contribution is 2.45. The molecule has 3 nitrogen and oxygen atoms in total. The fourth-order valence-electron chi connectivity index (χ4n) is 2.89. The highest BCUT2D eigenvalue weighted by molar-refractivity contribution is 6.31. The monoisotopic (exact) mass is 249 g/mol. The number of hydrogen-bond donors (Lipinski definition) is 1. The smallest absolute Gasteiger partial charge is 0.201 e.